The fourth-order valence-electron chi connectivity index (χ4n) is 1.39. The van der Waals surface area contributed by atoms with Crippen molar-refractivity contribution in [3.63, 3.8) is 0 Å². The molecule has 102 valence electrons. The lowest BCUT2D eigenvalue weighted by Gasteiger charge is -2.19. The zero-order valence-electron chi connectivity index (χ0n) is 11.9. The second kappa shape index (κ2) is 7.16. The molecular weight excluding hydrogens is 226 g/mol. The van der Waals surface area contributed by atoms with Crippen LogP contribution in [0.5, 0.6) is 0 Å². The van der Waals surface area contributed by atoms with Crippen molar-refractivity contribution < 1.29 is 0 Å². The van der Waals surface area contributed by atoms with Gasteiger partial charge in [0.25, 0.3) is 0 Å². The summed E-state index contributed by atoms with van der Waals surface area (Å²) in [6, 6.07) is 1.95. The van der Waals surface area contributed by atoms with Crippen LogP contribution in [0.4, 0.5) is 11.6 Å². The summed E-state index contributed by atoms with van der Waals surface area (Å²) in [5.74, 6) is 1.74. The van der Waals surface area contributed by atoms with Crippen LogP contribution in [0.1, 0.15) is 27.2 Å². The maximum absolute atomic E-state index is 4.21. The number of nitrogens with zero attached hydrogens (tertiary/aromatic N) is 2. The first-order valence-corrected chi connectivity index (χ1v) is 6.46. The largest absolute Gasteiger partial charge is 0.370 e. The normalized spacial score (nSPS) is 11.3. The SMILES string of the molecule is CNCCCNc1cc(NCC(C)(C)C)ncn1. The maximum atomic E-state index is 4.21. The van der Waals surface area contributed by atoms with E-state index in [-0.39, 0.29) is 5.41 Å². The number of anilines is 2. The van der Waals surface area contributed by atoms with E-state index in [0.717, 1.165) is 37.7 Å². The van der Waals surface area contributed by atoms with E-state index in [1.165, 1.54) is 0 Å². The standard InChI is InChI=1S/C13H25N5/c1-13(2,3)9-16-12-8-11(17-10-18-12)15-7-5-6-14-4/h8,10,14H,5-7,9H2,1-4H3,(H2,15,16,17,18). The molecule has 5 nitrogen and oxygen atoms in total. The molecule has 0 spiro atoms. The number of hydrogen-bond acceptors (Lipinski definition) is 5. The Labute approximate surface area is 110 Å². The topological polar surface area (TPSA) is 61.9 Å². The van der Waals surface area contributed by atoms with Crippen molar-refractivity contribution in [3.05, 3.63) is 12.4 Å². The smallest absolute Gasteiger partial charge is 0.131 e. The first-order chi connectivity index (χ1) is 8.51. The third-order valence-corrected chi connectivity index (χ3v) is 2.38. The molecule has 0 aliphatic heterocycles. The van der Waals surface area contributed by atoms with Crippen LogP contribution in [-0.2, 0) is 0 Å². The molecular formula is C13H25N5. The molecule has 1 rings (SSSR count). The number of rotatable bonds is 7. The van der Waals surface area contributed by atoms with Gasteiger partial charge in [0.2, 0.25) is 0 Å². The Morgan fingerprint density at radius 3 is 2.33 bits per heavy atom. The lowest BCUT2D eigenvalue weighted by Crippen LogP contribution is -2.19. The molecule has 0 saturated carbocycles. The first kappa shape index (κ1) is 14.7. The monoisotopic (exact) mass is 251 g/mol. The van der Waals surface area contributed by atoms with E-state index < -0.39 is 0 Å². The Balaban J connectivity index is 2.41. The van der Waals surface area contributed by atoms with Gasteiger partial charge in [0.05, 0.1) is 0 Å². The van der Waals surface area contributed by atoms with Gasteiger partial charge in [-0.2, -0.15) is 0 Å². The van der Waals surface area contributed by atoms with Gasteiger partial charge < -0.3 is 16.0 Å². The molecule has 1 heterocycles. The molecule has 1 aromatic rings. The van der Waals surface area contributed by atoms with Gasteiger partial charge in [0.1, 0.15) is 18.0 Å². The highest BCUT2D eigenvalue weighted by atomic mass is 15.1. The van der Waals surface area contributed by atoms with E-state index >= 15 is 0 Å². The first-order valence-electron chi connectivity index (χ1n) is 6.46. The lowest BCUT2D eigenvalue weighted by molar-refractivity contribution is 0.442. The van der Waals surface area contributed by atoms with Gasteiger partial charge >= 0.3 is 0 Å². The second-order valence-corrected chi connectivity index (χ2v) is 5.59. The second-order valence-electron chi connectivity index (χ2n) is 5.59. The van der Waals surface area contributed by atoms with Crippen LogP contribution in [-0.4, -0.2) is 36.6 Å². The van der Waals surface area contributed by atoms with Gasteiger partial charge in [-0.1, -0.05) is 20.8 Å². The third kappa shape index (κ3) is 6.39. The van der Waals surface area contributed by atoms with Crippen LogP contribution < -0.4 is 16.0 Å². The van der Waals surface area contributed by atoms with Crippen molar-refractivity contribution in [1.82, 2.24) is 15.3 Å². The fraction of sp³-hybridized carbons (Fsp3) is 0.692. The molecule has 0 unspecified atom stereocenters. The highest BCUT2D eigenvalue weighted by Gasteiger charge is 2.09. The van der Waals surface area contributed by atoms with Crippen molar-refractivity contribution in [2.75, 3.05) is 37.3 Å². The molecule has 0 aromatic carbocycles. The number of hydrogen-bond donors (Lipinski definition) is 3. The van der Waals surface area contributed by atoms with E-state index in [1.54, 1.807) is 6.33 Å². The molecule has 1 aromatic heterocycles. The van der Waals surface area contributed by atoms with Crippen LogP contribution >= 0.6 is 0 Å². The molecule has 0 fully saturated rings. The minimum absolute atomic E-state index is 0.241. The van der Waals surface area contributed by atoms with E-state index in [2.05, 4.69) is 46.7 Å². The minimum Gasteiger partial charge on any atom is -0.370 e. The predicted molar refractivity (Wildman–Crippen MR) is 77.0 cm³/mol. The Kier molecular flexibility index (Phi) is 5.85. The Morgan fingerprint density at radius 1 is 1.06 bits per heavy atom. The van der Waals surface area contributed by atoms with Gasteiger partial charge in [0, 0.05) is 19.2 Å². The summed E-state index contributed by atoms with van der Waals surface area (Å²) in [6.45, 7) is 9.39. The highest BCUT2D eigenvalue weighted by molar-refractivity contribution is 5.46. The summed E-state index contributed by atoms with van der Waals surface area (Å²) in [6.07, 6.45) is 2.66. The number of aromatic nitrogens is 2. The average molecular weight is 251 g/mol. The summed E-state index contributed by atoms with van der Waals surface area (Å²) >= 11 is 0. The minimum atomic E-state index is 0.241. The van der Waals surface area contributed by atoms with Crippen molar-refractivity contribution in [2.24, 2.45) is 5.41 Å². The van der Waals surface area contributed by atoms with Crippen molar-refractivity contribution in [3.8, 4) is 0 Å². The number of nitrogens with one attached hydrogen (secondary N) is 3. The van der Waals surface area contributed by atoms with Crippen LogP contribution in [0, 0.1) is 5.41 Å². The van der Waals surface area contributed by atoms with Crippen LogP contribution in [0.25, 0.3) is 0 Å². The Hall–Kier alpha value is -1.36. The van der Waals surface area contributed by atoms with Crippen LogP contribution in [0.2, 0.25) is 0 Å². The van der Waals surface area contributed by atoms with E-state index in [4.69, 9.17) is 0 Å². The van der Waals surface area contributed by atoms with Crippen LogP contribution in [0.3, 0.4) is 0 Å². The fourth-order valence-corrected chi connectivity index (χ4v) is 1.39. The highest BCUT2D eigenvalue weighted by Crippen LogP contribution is 2.15. The molecule has 0 aliphatic carbocycles. The van der Waals surface area contributed by atoms with Gasteiger partial charge in [-0.3, -0.25) is 0 Å². The molecule has 0 radical (unpaired) electrons. The van der Waals surface area contributed by atoms with Gasteiger partial charge in [-0.05, 0) is 25.4 Å². The van der Waals surface area contributed by atoms with Crippen molar-refractivity contribution in [1.29, 1.82) is 0 Å². The molecule has 0 bridgehead atoms. The summed E-state index contributed by atoms with van der Waals surface area (Å²) in [5, 5.41) is 9.73. The van der Waals surface area contributed by atoms with Gasteiger partial charge in [0.15, 0.2) is 0 Å². The van der Waals surface area contributed by atoms with E-state index in [1.807, 2.05) is 13.1 Å². The Morgan fingerprint density at radius 2 is 1.72 bits per heavy atom. The summed E-state index contributed by atoms with van der Waals surface area (Å²) < 4.78 is 0. The summed E-state index contributed by atoms with van der Waals surface area (Å²) in [7, 11) is 1.96. The quantitative estimate of drug-likeness (QED) is 0.647. The zero-order chi connectivity index (χ0) is 13.4. The maximum Gasteiger partial charge on any atom is 0.131 e. The van der Waals surface area contributed by atoms with Gasteiger partial charge in [-0.15, -0.1) is 0 Å². The van der Waals surface area contributed by atoms with Crippen molar-refractivity contribution >= 4 is 11.6 Å². The van der Waals surface area contributed by atoms with Crippen LogP contribution in [0.15, 0.2) is 12.4 Å². The van der Waals surface area contributed by atoms with E-state index in [0.29, 0.717) is 0 Å². The molecule has 18 heavy (non-hydrogen) atoms. The molecule has 0 saturated heterocycles. The molecule has 0 amide bonds. The van der Waals surface area contributed by atoms with E-state index in [9.17, 15) is 0 Å². The third-order valence-electron chi connectivity index (χ3n) is 2.38. The average Bonchev–Trinajstić information content (AvgIpc) is 2.32. The predicted octanol–water partition coefficient (Wildman–Crippen LogP) is 1.96. The summed E-state index contributed by atoms with van der Waals surface area (Å²) in [4.78, 5) is 8.41. The van der Waals surface area contributed by atoms with Crippen molar-refractivity contribution in [2.45, 2.75) is 27.2 Å². The zero-order valence-corrected chi connectivity index (χ0v) is 11.9. The molecule has 5 heteroatoms. The molecule has 3 N–H and O–H groups in total. The lowest BCUT2D eigenvalue weighted by atomic mass is 9.97. The molecule has 0 atom stereocenters. The van der Waals surface area contributed by atoms with Gasteiger partial charge in [-0.25, -0.2) is 9.97 Å². The Bertz CT molecular complexity index is 345. The summed E-state index contributed by atoms with van der Waals surface area (Å²) in [5.41, 5.74) is 0.241. The molecule has 0 aliphatic rings.